The maximum Gasteiger partial charge on any atom is 0.416 e. The molecule has 0 bridgehead atoms. The Morgan fingerprint density at radius 3 is 2.33 bits per heavy atom. The molecule has 3 heterocycles. The van der Waals surface area contributed by atoms with Gasteiger partial charge >= 0.3 is 6.18 Å². The lowest BCUT2D eigenvalue weighted by molar-refractivity contribution is -0.137. The van der Waals surface area contributed by atoms with E-state index in [0.29, 0.717) is 58.2 Å². The Hall–Kier alpha value is -3.40. The fourth-order valence-corrected chi connectivity index (χ4v) is 6.85. The van der Waals surface area contributed by atoms with Crippen LogP contribution in [0.5, 0.6) is 0 Å². The van der Waals surface area contributed by atoms with Gasteiger partial charge in [0.15, 0.2) is 0 Å². The number of nitrogens with one attached hydrogen (secondary N) is 1. The lowest BCUT2D eigenvalue weighted by atomic mass is 10.0. The van der Waals surface area contributed by atoms with Gasteiger partial charge in [0.1, 0.15) is 4.88 Å². The first-order chi connectivity index (χ1) is 19.2. The molecule has 206 valence electrons. The van der Waals surface area contributed by atoms with E-state index in [4.69, 9.17) is 11.6 Å². The van der Waals surface area contributed by atoms with Crippen LogP contribution in [0.4, 0.5) is 13.2 Å². The number of hydrogen-bond donors (Lipinski definition) is 1. The van der Waals surface area contributed by atoms with E-state index in [-0.39, 0.29) is 23.9 Å². The van der Waals surface area contributed by atoms with Crippen LogP contribution in [0.2, 0.25) is 5.02 Å². The van der Waals surface area contributed by atoms with Gasteiger partial charge in [0, 0.05) is 53.9 Å². The molecule has 10 heteroatoms. The number of fused-ring (bicyclic) bond motifs is 1. The molecule has 3 aromatic carbocycles. The molecular formula is C30H25ClF3N3O2S. The number of nitrogens with zero attached hydrogens (tertiary/aromatic N) is 2. The lowest BCUT2D eigenvalue weighted by Gasteiger charge is -2.41. The van der Waals surface area contributed by atoms with Gasteiger partial charge in [-0.3, -0.25) is 9.59 Å². The Balaban J connectivity index is 1.08. The van der Waals surface area contributed by atoms with Crippen molar-refractivity contribution >= 4 is 44.8 Å². The van der Waals surface area contributed by atoms with Gasteiger partial charge < -0.3 is 15.1 Å². The van der Waals surface area contributed by atoms with Crippen molar-refractivity contribution in [1.29, 1.82) is 0 Å². The summed E-state index contributed by atoms with van der Waals surface area (Å²) in [6.07, 6.45) is -3.56. The molecule has 1 aromatic heterocycles. The predicted molar refractivity (Wildman–Crippen MR) is 151 cm³/mol. The normalized spacial score (nSPS) is 17.9. The van der Waals surface area contributed by atoms with E-state index in [1.165, 1.54) is 17.4 Å². The van der Waals surface area contributed by atoms with E-state index < -0.39 is 11.7 Å². The number of carbonyl (C=O) groups is 2. The van der Waals surface area contributed by atoms with E-state index in [0.717, 1.165) is 23.3 Å². The van der Waals surface area contributed by atoms with Crippen molar-refractivity contribution in [3.8, 4) is 11.1 Å². The molecule has 0 spiro atoms. The molecule has 2 aliphatic rings. The number of carbonyl (C=O) groups excluding carboxylic acids is 2. The van der Waals surface area contributed by atoms with Gasteiger partial charge in [0.2, 0.25) is 0 Å². The summed E-state index contributed by atoms with van der Waals surface area (Å²) < 4.78 is 40.3. The number of benzene rings is 3. The first-order valence-corrected chi connectivity index (χ1v) is 14.2. The predicted octanol–water partition coefficient (Wildman–Crippen LogP) is 6.57. The van der Waals surface area contributed by atoms with Gasteiger partial charge in [-0.1, -0.05) is 54.1 Å². The average Bonchev–Trinajstić information content (AvgIpc) is 3.54. The Labute approximate surface area is 238 Å². The topological polar surface area (TPSA) is 52.7 Å². The molecule has 0 saturated carbocycles. The summed E-state index contributed by atoms with van der Waals surface area (Å²) in [5, 5.41) is 4.64. The van der Waals surface area contributed by atoms with E-state index in [2.05, 4.69) is 5.32 Å². The zero-order valence-corrected chi connectivity index (χ0v) is 22.8. The fraction of sp³-hybridized carbons (Fsp3) is 0.267. The smallest absolute Gasteiger partial charge is 0.337 e. The number of halogens is 4. The summed E-state index contributed by atoms with van der Waals surface area (Å²) in [6, 6.07) is 20.0. The van der Waals surface area contributed by atoms with Gasteiger partial charge in [-0.2, -0.15) is 13.2 Å². The van der Waals surface area contributed by atoms with E-state index in [1.54, 1.807) is 29.2 Å². The van der Waals surface area contributed by atoms with Crippen LogP contribution < -0.4 is 5.32 Å². The highest BCUT2D eigenvalue weighted by molar-refractivity contribution is 7.21. The molecule has 2 amide bonds. The highest BCUT2D eigenvalue weighted by Crippen LogP contribution is 2.39. The molecule has 4 aromatic rings. The van der Waals surface area contributed by atoms with Crippen LogP contribution >= 0.6 is 22.9 Å². The molecular weight excluding hydrogens is 559 g/mol. The molecule has 2 saturated heterocycles. The molecule has 0 radical (unpaired) electrons. The van der Waals surface area contributed by atoms with Crippen molar-refractivity contribution in [3.63, 3.8) is 0 Å². The molecule has 1 atom stereocenters. The summed E-state index contributed by atoms with van der Waals surface area (Å²) in [4.78, 5) is 30.0. The molecule has 2 fully saturated rings. The summed E-state index contributed by atoms with van der Waals surface area (Å²) in [5.74, 6) is -0.122. The minimum atomic E-state index is -4.42. The van der Waals surface area contributed by atoms with Gasteiger partial charge in [-0.25, -0.2) is 0 Å². The number of likely N-dealkylation sites (tertiary alicyclic amines) is 2. The molecule has 1 unspecified atom stereocenters. The molecule has 6 rings (SSSR count). The van der Waals surface area contributed by atoms with Crippen molar-refractivity contribution in [1.82, 2.24) is 15.1 Å². The Kier molecular flexibility index (Phi) is 7.06. The van der Waals surface area contributed by atoms with Crippen LogP contribution in [0.1, 0.15) is 32.0 Å². The lowest BCUT2D eigenvalue weighted by Crippen LogP contribution is -2.62. The van der Waals surface area contributed by atoms with Crippen LogP contribution in [0.25, 0.3) is 21.2 Å². The number of rotatable bonds is 5. The first kappa shape index (κ1) is 26.8. The molecule has 40 heavy (non-hydrogen) atoms. The monoisotopic (exact) mass is 583 g/mol. The van der Waals surface area contributed by atoms with Crippen molar-refractivity contribution in [2.45, 2.75) is 24.7 Å². The van der Waals surface area contributed by atoms with E-state index in [1.807, 2.05) is 35.2 Å². The fourth-order valence-electron chi connectivity index (χ4n) is 5.33. The number of alkyl halides is 3. The zero-order chi connectivity index (χ0) is 28.0. The van der Waals surface area contributed by atoms with E-state index >= 15 is 0 Å². The van der Waals surface area contributed by atoms with Gasteiger partial charge in [-0.15, -0.1) is 11.3 Å². The third-order valence-corrected chi connectivity index (χ3v) is 9.13. The van der Waals surface area contributed by atoms with Crippen LogP contribution in [-0.4, -0.2) is 59.9 Å². The highest BCUT2D eigenvalue weighted by Gasteiger charge is 2.36. The number of thiophene rings is 1. The second kappa shape index (κ2) is 10.5. The van der Waals surface area contributed by atoms with Gasteiger partial charge in [0.05, 0.1) is 10.6 Å². The first-order valence-electron chi connectivity index (χ1n) is 13.0. The second-order valence-electron chi connectivity index (χ2n) is 10.2. The quantitative estimate of drug-likeness (QED) is 0.289. The van der Waals surface area contributed by atoms with Crippen molar-refractivity contribution in [2.24, 2.45) is 0 Å². The summed E-state index contributed by atoms with van der Waals surface area (Å²) in [5.41, 5.74) is 1.05. The third kappa shape index (κ3) is 5.21. The highest BCUT2D eigenvalue weighted by atomic mass is 35.5. The molecule has 2 aliphatic heterocycles. The van der Waals surface area contributed by atoms with Crippen LogP contribution in [0.3, 0.4) is 0 Å². The zero-order valence-electron chi connectivity index (χ0n) is 21.2. The minimum absolute atomic E-state index is 0.0333. The summed E-state index contributed by atoms with van der Waals surface area (Å²) >= 11 is 7.85. The summed E-state index contributed by atoms with van der Waals surface area (Å²) in [6.45, 7) is 2.42. The third-order valence-electron chi connectivity index (χ3n) is 7.48. The van der Waals surface area contributed by atoms with Crippen molar-refractivity contribution in [3.05, 3.63) is 93.8 Å². The summed E-state index contributed by atoms with van der Waals surface area (Å²) in [7, 11) is 0. The maximum absolute atomic E-state index is 13.3. The molecule has 1 N–H and O–H groups in total. The Morgan fingerprint density at radius 2 is 1.57 bits per heavy atom. The number of hydrogen-bond acceptors (Lipinski definition) is 4. The Bertz CT molecular complexity index is 1580. The largest absolute Gasteiger partial charge is 0.416 e. The molecule has 5 nitrogen and oxygen atoms in total. The molecule has 0 aliphatic carbocycles. The Morgan fingerprint density at radius 1 is 0.850 bits per heavy atom. The SMILES string of the molecule is O=C(c1ccccc1)N1CCC(NC2CN(C(=O)c3sc4cc(-c5cccc(C(F)(F)F)c5)ccc4c3Cl)C2)C1. The number of amides is 2. The van der Waals surface area contributed by atoms with E-state index in [9.17, 15) is 22.8 Å². The maximum atomic E-state index is 13.3. The van der Waals surface area contributed by atoms with Gasteiger partial charge in [0.25, 0.3) is 11.8 Å². The van der Waals surface area contributed by atoms with Crippen LogP contribution in [0, 0.1) is 0 Å². The van der Waals surface area contributed by atoms with Gasteiger partial charge in [-0.05, 0) is 47.9 Å². The van der Waals surface area contributed by atoms with Crippen LogP contribution in [0.15, 0.2) is 72.8 Å². The second-order valence-corrected chi connectivity index (χ2v) is 11.6. The van der Waals surface area contributed by atoms with Crippen molar-refractivity contribution in [2.75, 3.05) is 26.2 Å². The van der Waals surface area contributed by atoms with Crippen molar-refractivity contribution < 1.29 is 22.8 Å². The average molecular weight is 584 g/mol. The standard InChI is InChI=1S/C30H25ClF3N3O2S/c31-26-24-10-9-20(19-7-4-8-21(13-19)30(32,33)34)14-25(24)40-27(26)29(39)37-16-23(17-37)35-22-11-12-36(15-22)28(38)18-5-2-1-3-6-18/h1-10,13-14,22-23,35H,11-12,15-17H2. The van der Waals surface area contributed by atoms with Crippen LogP contribution in [-0.2, 0) is 6.18 Å². The minimum Gasteiger partial charge on any atom is -0.337 e.